The van der Waals surface area contributed by atoms with Crippen LogP contribution in [0.1, 0.15) is 115 Å². The van der Waals surface area contributed by atoms with Crippen molar-refractivity contribution < 1.29 is 29.0 Å². The van der Waals surface area contributed by atoms with Crippen LogP contribution in [0.4, 0.5) is 0 Å². The predicted octanol–water partition coefficient (Wildman–Crippen LogP) is 9.66. The van der Waals surface area contributed by atoms with Crippen LogP contribution in [-0.2, 0) is 14.0 Å². The van der Waals surface area contributed by atoms with Crippen molar-refractivity contribution in [1.29, 1.82) is 0 Å². The van der Waals surface area contributed by atoms with Crippen LogP contribution in [0.2, 0.25) is 18.1 Å². The van der Waals surface area contributed by atoms with E-state index >= 15 is 0 Å². The lowest BCUT2D eigenvalue weighted by Gasteiger charge is -2.46. The zero-order valence-corrected chi connectivity index (χ0v) is 30.1. The lowest BCUT2D eigenvalue weighted by atomic mass is 9.81. The monoisotopic (exact) mass is 650 g/mol. The number of carbonyl (C=O) groups excluding carboxylic acids is 1. The van der Waals surface area contributed by atoms with E-state index in [9.17, 15) is 19.8 Å². The molecule has 4 rings (SSSR count). The quantitative estimate of drug-likeness (QED) is 0.113. The second-order valence-electron chi connectivity index (χ2n) is 15.4. The average molecular weight is 651 g/mol. The van der Waals surface area contributed by atoms with Gasteiger partial charge in [0.05, 0.1) is 11.7 Å². The number of aliphatic hydroxyl groups is 1. The second kappa shape index (κ2) is 15.6. The van der Waals surface area contributed by atoms with Gasteiger partial charge in [-0.2, -0.15) is 0 Å². The molecule has 0 radical (unpaired) electrons. The summed E-state index contributed by atoms with van der Waals surface area (Å²) in [6.45, 7) is 13.0. The summed E-state index contributed by atoms with van der Waals surface area (Å²) in [6, 6.07) is 17.6. The Kier molecular flexibility index (Phi) is 12.3. The van der Waals surface area contributed by atoms with Gasteiger partial charge >= 0.3 is 11.9 Å². The fourth-order valence-corrected chi connectivity index (χ4v) is 9.24. The minimum Gasteiger partial charge on any atom is -0.479 e. The SMILES string of the molecule is CCC[C@H]1C(O)C[C@H](OC(=O)c2ccc(-c3ccccc3)cc2)[C@@H]1CCCCCC(O[Si](C)(C)C(C)(C)C)(C(=O)O)C1CCCC1. The molecule has 2 unspecified atom stereocenters. The molecular weight excluding hydrogens is 593 g/mol. The Morgan fingerprint density at radius 1 is 0.870 bits per heavy atom. The van der Waals surface area contributed by atoms with Crippen LogP contribution in [0.3, 0.4) is 0 Å². The Hall–Kier alpha value is -2.48. The molecule has 6 nitrogen and oxygen atoms in total. The summed E-state index contributed by atoms with van der Waals surface area (Å²) in [4.78, 5) is 26.3. The zero-order valence-electron chi connectivity index (χ0n) is 29.1. The molecule has 2 N–H and O–H groups in total. The Bertz CT molecular complexity index is 1260. The number of aliphatic hydroxyl groups excluding tert-OH is 1. The fraction of sp³-hybridized carbons (Fsp3) is 0.641. The van der Waals surface area contributed by atoms with Gasteiger partial charge < -0.3 is 19.4 Å². The standard InChI is InChI=1S/C39H58O6Si/c1-7-16-32-33(35(27-34(32)40)44-36(41)30-24-22-29(23-25-30)28-17-10-8-11-18-28)21-12-9-15-26-39(37(42)43,31-19-13-14-20-31)45-46(5,6)38(2,3)4/h8,10-11,17-18,22-25,31-35,40H,7,9,12-16,19-21,26-27H2,1-6H3,(H,42,43)/t32-,33-,34?,35+,39?/m1/s1. The average Bonchev–Trinajstić information content (AvgIpc) is 3.65. The van der Waals surface area contributed by atoms with Crippen LogP contribution in [0.5, 0.6) is 0 Å². The van der Waals surface area contributed by atoms with Crippen molar-refractivity contribution in [2.24, 2.45) is 17.8 Å². The first-order valence-corrected chi connectivity index (χ1v) is 20.7. The molecule has 46 heavy (non-hydrogen) atoms. The number of hydrogen-bond donors (Lipinski definition) is 2. The van der Waals surface area contributed by atoms with Gasteiger partial charge in [-0.3, -0.25) is 0 Å². The summed E-state index contributed by atoms with van der Waals surface area (Å²) >= 11 is 0. The van der Waals surface area contributed by atoms with Gasteiger partial charge in [0.1, 0.15) is 6.10 Å². The van der Waals surface area contributed by atoms with E-state index in [1.54, 1.807) is 0 Å². The molecule has 7 heteroatoms. The summed E-state index contributed by atoms with van der Waals surface area (Å²) in [5.74, 6) is -0.894. The van der Waals surface area contributed by atoms with Gasteiger partial charge in [-0.05, 0) is 91.8 Å². The van der Waals surface area contributed by atoms with Gasteiger partial charge in [-0.25, -0.2) is 9.59 Å². The predicted molar refractivity (Wildman–Crippen MR) is 187 cm³/mol. The van der Waals surface area contributed by atoms with Crippen molar-refractivity contribution in [2.75, 3.05) is 0 Å². The van der Waals surface area contributed by atoms with E-state index in [0.29, 0.717) is 18.4 Å². The zero-order chi connectivity index (χ0) is 33.5. The molecule has 2 aromatic rings. The Labute approximate surface area is 278 Å². The first-order chi connectivity index (χ1) is 21.8. The van der Waals surface area contributed by atoms with Gasteiger partial charge in [0, 0.05) is 12.3 Å². The highest BCUT2D eigenvalue weighted by molar-refractivity contribution is 6.74. The summed E-state index contributed by atoms with van der Waals surface area (Å²) in [5.41, 5.74) is 1.54. The van der Waals surface area contributed by atoms with Crippen LogP contribution in [0, 0.1) is 17.8 Å². The van der Waals surface area contributed by atoms with E-state index < -0.39 is 26.0 Å². The summed E-state index contributed by atoms with van der Waals surface area (Å²) < 4.78 is 13.0. The summed E-state index contributed by atoms with van der Waals surface area (Å²) in [6.07, 6.45) is 9.44. The third-order valence-electron chi connectivity index (χ3n) is 11.3. The van der Waals surface area contributed by atoms with Crippen LogP contribution in [0.25, 0.3) is 11.1 Å². The molecule has 254 valence electrons. The molecule has 0 bridgehead atoms. The van der Waals surface area contributed by atoms with E-state index in [4.69, 9.17) is 9.16 Å². The second-order valence-corrected chi connectivity index (χ2v) is 20.2. The number of benzene rings is 2. The normalized spacial score (nSPS) is 23.7. The number of ether oxygens (including phenoxy) is 1. The number of carboxylic acids is 1. The lowest BCUT2D eigenvalue weighted by molar-refractivity contribution is -0.163. The van der Waals surface area contributed by atoms with Crippen LogP contribution >= 0.6 is 0 Å². The smallest absolute Gasteiger partial charge is 0.338 e. The van der Waals surface area contributed by atoms with Crippen LogP contribution < -0.4 is 0 Å². The van der Waals surface area contributed by atoms with Gasteiger partial charge in [-0.1, -0.05) is 102 Å². The van der Waals surface area contributed by atoms with Gasteiger partial charge in [0.15, 0.2) is 13.9 Å². The number of hydrogen-bond acceptors (Lipinski definition) is 5. The molecule has 5 atom stereocenters. The molecule has 0 amide bonds. The minimum absolute atomic E-state index is 0.0589. The number of esters is 1. The van der Waals surface area contributed by atoms with Crippen molar-refractivity contribution in [3.05, 3.63) is 60.2 Å². The van der Waals surface area contributed by atoms with E-state index in [-0.39, 0.29) is 34.9 Å². The molecule has 2 aromatic carbocycles. The molecule has 2 fully saturated rings. The number of unbranched alkanes of at least 4 members (excludes halogenated alkanes) is 2. The largest absolute Gasteiger partial charge is 0.479 e. The first-order valence-electron chi connectivity index (χ1n) is 17.8. The van der Waals surface area contributed by atoms with Crippen LogP contribution in [-0.4, -0.2) is 48.3 Å². The maximum Gasteiger partial charge on any atom is 0.338 e. The molecule has 0 aromatic heterocycles. The van der Waals surface area contributed by atoms with E-state index in [0.717, 1.165) is 75.3 Å². The topological polar surface area (TPSA) is 93.1 Å². The van der Waals surface area contributed by atoms with Crippen LogP contribution in [0.15, 0.2) is 54.6 Å². The van der Waals surface area contributed by atoms with E-state index in [2.05, 4.69) is 40.8 Å². The number of rotatable bonds is 15. The summed E-state index contributed by atoms with van der Waals surface area (Å²) in [7, 11) is -2.32. The van der Waals surface area contributed by atoms with Crippen molar-refractivity contribution in [2.45, 2.75) is 141 Å². The van der Waals surface area contributed by atoms with Crippen molar-refractivity contribution >= 4 is 20.3 Å². The molecule has 0 spiro atoms. The molecule has 0 heterocycles. The summed E-state index contributed by atoms with van der Waals surface area (Å²) in [5, 5.41) is 21.6. The Morgan fingerprint density at radius 3 is 2.09 bits per heavy atom. The molecular formula is C39H58O6Si. The highest BCUT2D eigenvalue weighted by Gasteiger charge is 2.53. The molecule has 2 aliphatic rings. The Balaban J connectivity index is 1.39. The third kappa shape index (κ3) is 8.51. The van der Waals surface area contributed by atoms with Gasteiger partial charge in [0.2, 0.25) is 0 Å². The highest BCUT2D eigenvalue weighted by atomic mass is 28.4. The van der Waals surface area contributed by atoms with Gasteiger partial charge in [-0.15, -0.1) is 0 Å². The Morgan fingerprint density at radius 2 is 1.50 bits per heavy atom. The first kappa shape index (κ1) is 36.4. The molecule has 0 saturated heterocycles. The van der Waals surface area contributed by atoms with E-state index in [1.807, 2.05) is 54.6 Å². The maximum atomic E-state index is 13.3. The van der Waals surface area contributed by atoms with Crippen molar-refractivity contribution in [3.8, 4) is 11.1 Å². The molecule has 2 saturated carbocycles. The van der Waals surface area contributed by atoms with Crippen molar-refractivity contribution in [1.82, 2.24) is 0 Å². The third-order valence-corrected chi connectivity index (χ3v) is 15.8. The maximum absolute atomic E-state index is 13.3. The lowest BCUT2D eigenvalue weighted by Crippen LogP contribution is -2.57. The van der Waals surface area contributed by atoms with Crippen molar-refractivity contribution in [3.63, 3.8) is 0 Å². The highest BCUT2D eigenvalue weighted by Crippen LogP contribution is 2.47. The fourth-order valence-electron chi connectivity index (χ4n) is 7.67. The number of aliphatic carboxylic acids is 1. The molecule has 2 aliphatic carbocycles. The molecule has 0 aliphatic heterocycles. The van der Waals surface area contributed by atoms with E-state index in [1.165, 1.54) is 0 Å². The van der Waals surface area contributed by atoms with Gasteiger partial charge in [0.25, 0.3) is 0 Å². The minimum atomic E-state index is -2.32. The number of carbonyl (C=O) groups is 2. The number of carboxylic acid groups (broad SMARTS) is 1.